The van der Waals surface area contributed by atoms with Gasteiger partial charge in [-0.3, -0.25) is 4.79 Å². The normalized spacial score (nSPS) is 21.3. The van der Waals surface area contributed by atoms with Crippen molar-refractivity contribution in [2.45, 2.75) is 64.2 Å². The highest BCUT2D eigenvalue weighted by atomic mass is 16.2. The van der Waals surface area contributed by atoms with Crippen molar-refractivity contribution in [3.05, 3.63) is 41.6 Å². The van der Waals surface area contributed by atoms with Crippen LogP contribution in [0.3, 0.4) is 0 Å². The van der Waals surface area contributed by atoms with Crippen molar-refractivity contribution in [2.24, 2.45) is 5.41 Å². The average Bonchev–Trinajstić information content (AvgIpc) is 3.16. The van der Waals surface area contributed by atoms with E-state index in [-0.39, 0.29) is 11.3 Å². The van der Waals surface area contributed by atoms with E-state index in [1.54, 1.807) is 0 Å². The lowest BCUT2D eigenvalue weighted by Gasteiger charge is -2.38. The van der Waals surface area contributed by atoms with Crippen LogP contribution >= 0.6 is 0 Å². The lowest BCUT2D eigenvalue weighted by Crippen LogP contribution is -2.44. The summed E-state index contributed by atoms with van der Waals surface area (Å²) < 4.78 is 0. The van der Waals surface area contributed by atoms with Crippen LogP contribution in [0.15, 0.2) is 30.5 Å². The van der Waals surface area contributed by atoms with Gasteiger partial charge >= 0.3 is 0 Å². The second-order valence-corrected chi connectivity index (χ2v) is 9.56. The number of anilines is 3. The molecule has 1 aliphatic carbocycles. The zero-order valence-electron chi connectivity index (χ0n) is 18.5. The molecule has 0 bridgehead atoms. The van der Waals surface area contributed by atoms with Gasteiger partial charge in [0.1, 0.15) is 5.82 Å². The van der Waals surface area contributed by atoms with Crippen LogP contribution < -0.4 is 15.5 Å². The van der Waals surface area contributed by atoms with Crippen molar-refractivity contribution in [3.63, 3.8) is 0 Å². The Balaban J connectivity index is 1.26. The minimum absolute atomic E-state index is 0.154. The van der Waals surface area contributed by atoms with Gasteiger partial charge in [0.05, 0.1) is 5.41 Å². The highest BCUT2D eigenvalue weighted by molar-refractivity contribution is 5.85. The quantitative estimate of drug-likeness (QED) is 0.753. The third kappa shape index (κ3) is 4.12. The third-order valence-electron chi connectivity index (χ3n) is 7.58. The van der Waals surface area contributed by atoms with Crippen molar-refractivity contribution in [1.29, 1.82) is 0 Å². The van der Waals surface area contributed by atoms with Crippen molar-refractivity contribution in [1.82, 2.24) is 15.3 Å². The van der Waals surface area contributed by atoms with Crippen molar-refractivity contribution >= 4 is 23.4 Å². The van der Waals surface area contributed by atoms with Crippen LogP contribution in [0.4, 0.5) is 17.5 Å². The molecule has 2 N–H and O–H groups in total. The minimum Gasteiger partial charge on any atom is -0.356 e. The molecule has 5 rings (SSSR count). The fourth-order valence-electron chi connectivity index (χ4n) is 5.56. The summed E-state index contributed by atoms with van der Waals surface area (Å²) in [6.07, 6.45) is 11.4. The zero-order valence-corrected chi connectivity index (χ0v) is 18.5. The maximum absolute atomic E-state index is 12.3. The maximum atomic E-state index is 12.3. The van der Waals surface area contributed by atoms with Crippen LogP contribution in [0.25, 0.3) is 0 Å². The Morgan fingerprint density at radius 1 is 1.06 bits per heavy atom. The predicted octanol–water partition coefficient (Wildman–Crippen LogP) is 4.68. The first-order chi connectivity index (χ1) is 15.1. The highest BCUT2D eigenvalue weighted by Gasteiger charge is 2.44. The fraction of sp³-hybridized carbons (Fsp3) is 0.560. The molecule has 3 heterocycles. The molecule has 2 saturated heterocycles. The highest BCUT2D eigenvalue weighted by Crippen LogP contribution is 2.39. The molecule has 3 fully saturated rings. The number of hydrogen-bond acceptors (Lipinski definition) is 5. The van der Waals surface area contributed by atoms with Gasteiger partial charge in [-0.15, -0.1) is 0 Å². The zero-order chi connectivity index (χ0) is 21.3. The Morgan fingerprint density at radius 2 is 1.81 bits per heavy atom. The van der Waals surface area contributed by atoms with Gasteiger partial charge in [0.15, 0.2) is 0 Å². The molecule has 6 nitrogen and oxygen atoms in total. The molecule has 1 saturated carbocycles. The molecule has 6 heteroatoms. The van der Waals surface area contributed by atoms with E-state index in [0.29, 0.717) is 5.95 Å². The number of carbonyl (C=O) groups is 1. The number of aromatic nitrogens is 2. The van der Waals surface area contributed by atoms with E-state index < -0.39 is 0 Å². The summed E-state index contributed by atoms with van der Waals surface area (Å²) in [6, 6.07) is 8.81. The van der Waals surface area contributed by atoms with Crippen LogP contribution in [0.2, 0.25) is 0 Å². The number of piperidine rings is 1. The number of carbonyl (C=O) groups excluding carboxylic acids is 1. The maximum Gasteiger partial charge on any atom is 0.229 e. The van der Waals surface area contributed by atoms with Crippen LogP contribution in [-0.4, -0.2) is 35.5 Å². The Labute approximate surface area is 184 Å². The van der Waals surface area contributed by atoms with Gasteiger partial charge in [0.25, 0.3) is 0 Å². The number of amides is 1. The lowest BCUT2D eigenvalue weighted by molar-refractivity contribution is -0.128. The van der Waals surface area contributed by atoms with E-state index in [1.165, 1.54) is 37.7 Å². The summed E-state index contributed by atoms with van der Waals surface area (Å²) >= 11 is 0. The molecule has 0 atom stereocenters. The Morgan fingerprint density at radius 3 is 2.48 bits per heavy atom. The van der Waals surface area contributed by atoms with Crippen LogP contribution in [-0.2, 0) is 4.79 Å². The van der Waals surface area contributed by atoms with Crippen molar-refractivity contribution in [3.8, 4) is 0 Å². The molecule has 3 aliphatic rings. The van der Waals surface area contributed by atoms with E-state index in [4.69, 9.17) is 4.98 Å². The lowest BCUT2D eigenvalue weighted by atomic mass is 9.77. The van der Waals surface area contributed by atoms with Crippen molar-refractivity contribution in [2.75, 3.05) is 29.9 Å². The number of rotatable bonds is 4. The first-order valence-electron chi connectivity index (χ1n) is 11.9. The first kappa shape index (κ1) is 20.3. The molecule has 1 amide bonds. The second kappa shape index (κ2) is 8.48. The molecule has 1 spiro atoms. The average molecular weight is 420 g/mol. The molecule has 2 aliphatic heterocycles. The fourth-order valence-corrected chi connectivity index (χ4v) is 5.56. The van der Waals surface area contributed by atoms with Crippen LogP contribution in [0, 0.1) is 12.3 Å². The van der Waals surface area contributed by atoms with E-state index in [2.05, 4.69) is 51.7 Å². The molecular formula is C25H33N5O. The number of benzene rings is 1. The van der Waals surface area contributed by atoms with Crippen molar-refractivity contribution < 1.29 is 4.79 Å². The molecule has 0 radical (unpaired) electrons. The van der Waals surface area contributed by atoms with E-state index in [0.717, 1.165) is 61.9 Å². The second-order valence-electron chi connectivity index (χ2n) is 9.56. The van der Waals surface area contributed by atoms with Crippen LogP contribution in [0.5, 0.6) is 0 Å². The molecule has 1 aromatic heterocycles. The van der Waals surface area contributed by atoms with Gasteiger partial charge in [-0.2, -0.15) is 4.98 Å². The number of aryl methyl sites for hydroxylation is 1. The smallest absolute Gasteiger partial charge is 0.229 e. The van der Waals surface area contributed by atoms with E-state index in [9.17, 15) is 4.79 Å². The summed E-state index contributed by atoms with van der Waals surface area (Å²) in [5, 5.41) is 6.40. The molecule has 1 aromatic carbocycles. The summed E-state index contributed by atoms with van der Waals surface area (Å²) in [6.45, 7) is 4.60. The SMILES string of the molecule is Cc1cnc(Nc2ccc(C3CCCCC3)cc2)nc1N1CCC2(CCNC2=O)CC1. The summed E-state index contributed by atoms with van der Waals surface area (Å²) in [5.74, 6) is 2.56. The molecule has 0 unspecified atom stereocenters. The molecule has 164 valence electrons. The van der Waals surface area contributed by atoms with Gasteiger partial charge in [-0.1, -0.05) is 31.4 Å². The summed E-state index contributed by atoms with van der Waals surface area (Å²) in [4.78, 5) is 23.9. The van der Waals surface area contributed by atoms with Crippen LogP contribution in [0.1, 0.15) is 68.4 Å². The number of nitrogens with one attached hydrogen (secondary N) is 2. The molecular weight excluding hydrogens is 386 g/mol. The standard InChI is InChI=1S/C25H33N5O/c1-18-17-27-24(28-21-9-7-20(8-10-21)19-5-3-2-4-6-19)29-22(18)30-15-12-25(13-16-30)11-14-26-23(25)31/h7-10,17,19H,2-6,11-16H2,1H3,(H,26,31)(H,27,28,29). The van der Waals surface area contributed by atoms with Gasteiger partial charge in [0.2, 0.25) is 11.9 Å². The third-order valence-corrected chi connectivity index (χ3v) is 7.58. The largest absolute Gasteiger partial charge is 0.356 e. The Kier molecular flexibility index (Phi) is 5.55. The van der Waals surface area contributed by atoms with Gasteiger partial charge in [-0.05, 0) is 62.6 Å². The first-order valence-corrected chi connectivity index (χ1v) is 11.9. The number of nitrogens with zero attached hydrogens (tertiary/aromatic N) is 3. The van der Waals surface area contributed by atoms with E-state index in [1.807, 2.05) is 6.20 Å². The Bertz CT molecular complexity index is 927. The minimum atomic E-state index is -0.154. The van der Waals surface area contributed by atoms with E-state index >= 15 is 0 Å². The Hall–Kier alpha value is -2.63. The summed E-state index contributed by atoms with van der Waals surface area (Å²) in [7, 11) is 0. The number of hydrogen-bond donors (Lipinski definition) is 2. The topological polar surface area (TPSA) is 70.2 Å². The predicted molar refractivity (Wildman–Crippen MR) is 124 cm³/mol. The van der Waals surface area contributed by atoms with Gasteiger partial charge < -0.3 is 15.5 Å². The summed E-state index contributed by atoms with van der Waals surface area (Å²) in [5.41, 5.74) is 3.40. The monoisotopic (exact) mass is 419 g/mol. The molecule has 2 aromatic rings. The molecule has 31 heavy (non-hydrogen) atoms. The van der Waals surface area contributed by atoms with Gasteiger partial charge in [-0.25, -0.2) is 4.98 Å². The van der Waals surface area contributed by atoms with Gasteiger partial charge in [0, 0.05) is 37.1 Å².